The number of carbonyl (C=O) groups is 1. The SMILES string of the molecule is CCS(=O)(=O)N1CCC(NC(=O)c2cnccn2)CC1. The Bertz CT molecular complexity index is 553. The summed E-state index contributed by atoms with van der Waals surface area (Å²) in [5.41, 5.74) is 0.274. The smallest absolute Gasteiger partial charge is 0.271 e. The zero-order valence-corrected chi connectivity index (χ0v) is 12.1. The summed E-state index contributed by atoms with van der Waals surface area (Å²) in [7, 11) is -3.13. The summed E-state index contributed by atoms with van der Waals surface area (Å²) in [6.07, 6.45) is 5.61. The minimum absolute atomic E-state index is 0.0205. The summed E-state index contributed by atoms with van der Waals surface area (Å²) in [6.45, 7) is 2.53. The molecule has 2 heterocycles. The highest BCUT2D eigenvalue weighted by Crippen LogP contribution is 2.14. The Kier molecular flexibility index (Phi) is 4.66. The number of amides is 1. The lowest BCUT2D eigenvalue weighted by Gasteiger charge is -2.31. The van der Waals surface area contributed by atoms with Crippen LogP contribution in [0.3, 0.4) is 0 Å². The Morgan fingerprint density at radius 3 is 2.65 bits per heavy atom. The Morgan fingerprint density at radius 1 is 1.40 bits per heavy atom. The molecule has 1 fully saturated rings. The van der Waals surface area contributed by atoms with Gasteiger partial charge in [0.15, 0.2) is 0 Å². The molecular formula is C12H18N4O3S. The van der Waals surface area contributed by atoms with Gasteiger partial charge in [0, 0.05) is 31.5 Å². The molecule has 0 radical (unpaired) electrons. The first kappa shape index (κ1) is 14.9. The number of nitrogens with one attached hydrogen (secondary N) is 1. The lowest BCUT2D eigenvalue weighted by atomic mass is 10.1. The van der Waals surface area contributed by atoms with Crippen LogP contribution >= 0.6 is 0 Å². The molecule has 1 amide bonds. The summed E-state index contributed by atoms with van der Waals surface area (Å²) in [5, 5.41) is 2.86. The van der Waals surface area contributed by atoms with Gasteiger partial charge in [0.2, 0.25) is 10.0 Å². The average molecular weight is 298 g/mol. The molecule has 110 valence electrons. The molecule has 0 unspecified atom stereocenters. The third kappa shape index (κ3) is 3.51. The van der Waals surface area contributed by atoms with Gasteiger partial charge in [-0.05, 0) is 19.8 Å². The van der Waals surface area contributed by atoms with Crippen molar-refractivity contribution in [2.24, 2.45) is 0 Å². The summed E-state index contributed by atoms with van der Waals surface area (Å²) >= 11 is 0. The van der Waals surface area contributed by atoms with Gasteiger partial charge in [-0.25, -0.2) is 17.7 Å². The zero-order valence-electron chi connectivity index (χ0n) is 11.3. The first-order valence-corrected chi connectivity index (χ1v) is 8.18. The molecule has 1 N–H and O–H groups in total. The molecule has 2 rings (SSSR count). The Balaban J connectivity index is 1.88. The van der Waals surface area contributed by atoms with Crippen LogP contribution in [0.4, 0.5) is 0 Å². The van der Waals surface area contributed by atoms with Gasteiger partial charge in [-0.3, -0.25) is 9.78 Å². The molecule has 1 aromatic rings. The minimum Gasteiger partial charge on any atom is -0.348 e. The fourth-order valence-electron chi connectivity index (χ4n) is 2.14. The van der Waals surface area contributed by atoms with E-state index < -0.39 is 10.0 Å². The van der Waals surface area contributed by atoms with Crippen LogP contribution in [0.15, 0.2) is 18.6 Å². The van der Waals surface area contributed by atoms with Crippen molar-refractivity contribution in [2.45, 2.75) is 25.8 Å². The maximum atomic E-state index is 11.9. The average Bonchev–Trinajstić information content (AvgIpc) is 2.48. The van der Waals surface area contributed by atoms with E-state index in [0.29, 0.717) is 25.9 Å². The lowest BCUT2D eigenvalue weighted by Crippen LogP contribution is -2.47. The van der Waals surface area contributed by atoms with Crippen molar-refractivity contribution < 1.29 is 13.2 Å². The van der Waals surface area contributed by atoms with Crippen LogP contribution in [-0.2, 0) is 10.0 Å². The molecule has 0 aliphatic carbocycles. The summed E-state index contributed by atoms with van der Waals surface area (Å²) in [4.78, 5) is 19.7. The number of piperidine rings is 1. The first-order valence-electron chi connectivity index (χ1n) is 6.57. The largest absolute Gasteiger partial charge is 0.348 e. The molecule has 8 heteroatoms. The van der Waals surface area contributed by atoms with Crippen molar-refractivity contribution in [3.63, 3.8) is 0 Å². The fraction of sp³-hybridized carbons (Fsp3) is 0.583. The van der Waals surface area contributed by atoms with E-state index in [4.69, 9.17) is 0 Å². The zero-order chi connectivity index (χ0) is 14.6. The summed E-state index contributed by atoms with van der Waals surface area (Å²) in [5.74, 6) is -0.154. The number of hydrogen-bond donors (Lipinski definition) is 1. The molecule has 20 heavy (non-hydrogen) atoms. The Hall–Kier alpha value is -1.54. The van der Waals surface area contributed by atoms with E-state index in [-0.39, 0.29) is 23.4 Å². The lowest BCUT2D eigenvalue weighted by molar-refractivity contribution is 0.0918. The predicted molar refractivity (Wildman–Crippen MR) is 73.6 cm³/mol. The molecule has 0 bridgehead atoms. The third-order valence-corrected chi connectivity index (χ3v) is 5.22. The molecular weight excluding hydrogens is 280 g/mol. The molecule has 1 saturated heterocycles. The van der Waals surface area contributed by atoms with Gasteiger partial charge >= 0.3 is 0 Å². The van der Waals surface area contributed by atoms with Crippen LogP contribution in [0, 0.1) is 0 Å². The van der Waals surface area contributed by atoms with Crippen LogP contribution in [0.2, 0.25) is 0 Å². The Labute approximate surface area is 118 Å². The van der Waals surface area contributed by atoms with Gasteiger partial charge in [0.1, 0.15) is 5.69 Å². The van der Waals surface area contributed by atoms with E-state index in [2.05, 4.69) is 15.3 Å². The maximum absolute atomic E-state index is 11.9. The van der Waals surface area contributed by atoms with Gasteiger partial charge in [0.05, 0.1) is 11.9 Å². The third-order valence-electron chi connectivity index (χ3n) is 3.34. The number of sulfonamides is 1. The van der Waals surface area contributed by atoms with E-state index in [1.165, 1.54) is 22.9 Å². The molecule has 1 aliphatic heterocycles. The van der Waals surface area contributed by atoms with Crippen LogP contribution in [0.5, 0.6) is 0 Å². The molecule has 1 aromatic heterocycles. The normalized spacial score (nSPS) is 17.9. The molecule has 7 nitrogen and oxygen atoms in total. The fourth-order valence-corrected chi connectivity index (χ4v) is 3.27. The van der Waals surface area contributed by atoms with Gasteiger partial charge < -0.3 is 5.32 Å². The standard InChI is InChI=1S/C12H18N4O3S/c1-2-20(18,19)16-7-3-10(4-8-16)15-12(17)11-9-13-5-6-14-11/h5-6,9-10H,2-4,7-8H2,1H3,(H,15,17). The van der Waals surface area contributed by atoms with Gasteiger partial charge in [-0.2, -0.15) is 0 Å². The van der Waals surface area contributed by atoms with Crippen LogP contribution in [0.25, 0.3) is 0 Å². The maximum Gasteiger partial charge on any atom is 0.271 e. The highest BCUT2D eigenvalue weighted by atomic mass is 32.2. The summed E-state index contributed by atoms with van der Waals surface area (Å²) < 4.78 is 24.9. The molecule has 0 saturated carbocycles. The number of rotatable bonds is 4. The number of nitrogens with zero attached hydrogens (tertiary/aromatic N) is 3. The summed E-state index contributed by atoms with van der Waals surface area (Å²) in [6, 6.07) is -0.0205. The van der Waals surface area contributed by atoms with Crippen LogP contribution < -0.4 is 5.32 Å². The second-order valence-corrected chi connectivity index (χ2v) is 6.90. The predicted octanol–water partition coefficient (Wildman–Crippen LogP) is 0.0205. The number of carbonyl (C=O) groups excluding carboxylic acids is 1. The highest BCUT2D eigenvalue weighted by molar-refractivity contribution is 7.89. The van der Waals surface area contributed by atoms with Crippen molar-refractivity contribution in [1.82, 2.24) is 19.6 Å². The second-order valence-electron chi connectivity index (χ2n) is 4.64. The molecule has 0 atom stereocenters. The van der Waals surface area contributed by atoms with Crippen molar-refractivity contribution in [3.05, 3.63) is 24.3 Å². The van der Waals surface area contributed by atoms with Gasteiger partial charge in [0.25, 0.3) is 5.91 Å². The topological polar surface area (TPSA) is 92.3 Å². The number of hydrogen-bond acceptors (Lipinski definition) is 5. The molecule has 0 spiro atoms. The molecule has 1 aliphatic rings. The van der Waals surface area contributed by atoms with E-state index in [0.717, 1.165) is 0 Å². The Morgan fingerprint density at radius 2 is 2.10 bits per heavy atom. The van der Waals surface area contributed by atoms with Gasteiger partial charge in [-0.1, -0.05) is 0 Å². The van der Waals surface area contributed by atoms with Crippen LogP contribution in [-0.4, -0.2) is 53.5 Å². The van der Waals surface area contributed by atoms with Crippen LogP contribution in [0.1, 0.15) is 30.3 Å². The minimum atomic E-state index is -3.13. The van der Waals surface area contributed by atoms with Crippen molar-refractivity contribution in [3.8, 4) is 0 Å². The van der Waals surface area contributed by atoms with E-state index in [1.807, 2.05) is 0 Å². The van der Waals surface area contributed by atoms with E-state index >= 15 is 0 Å². The van der Waals surface area contributed by atoms with Crippen molar-refractivity contribution in [1.29, 1.82) is 0 Å². The van der Waals surface area contributed by atoms with E-state index in [1.54, 1.807) is 6.92 Å². The number of aromatic nitrogens is 2. The first-order chi connectivity index (χ1) is 9.53. The quantitative estimate of drug-likeness (QED) is 0.846. The van der Waals surface area contributed by atoms with E-state index in [9.17, 15) is 13.2 Å². The van der Waals surface area contributed by atoms with Crippen molar-refractivity contribution >= 4 is 15.9 Å². The second kappa shape index (κ2) is 6.27. The van der Waals surface area contributed by atoms with Crippen molar-refractivity contribution in [2.75, 3.05) is 18.8 Å². The van der Waals surface area contributed by atoms with Gasteiger partial charge in [-0.15, -0.1) is 0 Å². The highest BCUT2D eigenvalue weighted by Gasteiger charge is 2.27. The molecule has 0 aromatic carbocycles. The monoisotopic (exact) mass is 298 g/mol.